The Kier molecular flexibility index (Phi) is 3.17. The molecule has 0 saturated heterocycles. The number of hydrogen-bond donors (Lipinski definition) is 0. The Hall–Kier alpha value is 0.217. The summed E-state index contributed by atoms with van der Waals surface area (Å²) >= 11 is 0. The zero-order valence-electron chi connectivity index (χ0n) is 12.0. The van der Waals surface area contributed by atoms with E-state index in [1.165, 1.54) is 5.54 Å². The zero-order valence-corrected chi connectivity index (χ0v) is 13.0. The quantitative estimate of drug-likeness (QED) is 0.552. The molecule has 0 spiro atoms. The molecule has 0 aromatic heterocycles. The Balaban J connectivity index is 1.90. The summed E-state index contributed by atoms with van der Waals surface area (Å²) in [5, 5.41) is 0. The van der Waals surface area contributed by atoms with Gasteiger partial charge in [-0.25, -0.2) is 0 Å². The molecule has 3 rings (SSSR count). The Morgan fingerprint density at radius 1 is 0.588 bits per heavy atom. The van der Waals surface area contributed by atoms with Crippen molar-refractivity contribution in [2.45, 2.75) is 76.5 Å². The molecule has 3 aliphatic rings. The SMILES string of the molecule is C[Si](C)(C)C1[C@H]2CCCC[C@H]2[C@H]2CCCC[C@@H]12. The molecule has 0 bridgehead atoms. The highest BCUT2D eigenvalue weighted by Gasteiger charge is 2.54. The number of rotatable bonds is 1. The van der Waals surface area contributed by atoms with E-state index in [1.807, 2.05) is 0 Å². The van der Waals surface area contributed by atoms with Gasteiger partial charge in [0.15, 0.2) is 0 Å². The van der Waals surface area contributed by atoms with Gasteiger partial charge in [-0.05, 0) is 42.1 Å². The molecular formula is C16H30Si. The maximum atomic E-state index is 2.65. The van der Waals surface area contributed by atoms with E-state index in [0.29, 0.717) is 0 Å². The van der Waals surface area contributed by atoms with Crippen molar-refractivity contribution in [1.29, 1.82) is 0 Å². The summed E-state index contributed by atoms with van der Waals surface area (Å²) in [7, 11) is -0.941. The predicted molar refractivity (Wildman–Crippen MR) is 78.0 cm³/mol. The average molecular weight is 251 g/mol. The Morgan fingerprint density at radius 2 is 0.941 bits per heavy atom. The van der Waals surface area contributed by atoms with E-state index < -0.39 is 8.07 Å². The molecule has 98 valence electrons. The first kappa shape index (κ1) is 12.3. The third kappa shape index (κ3) is 2.03. The minimum absolute atomic E-state index is 0.941. The van der Waals surface area contributed by atoms with Crippen LogP contribution in [0.1, 0.15) is 51.4 Å². The van der Waals surface area contributed by atoms with Gasteiger partial charge < -0.3 is 0 Å². The molecule has 0 heterocycles. The lowest BCUT2D eigenvalue weighted by Gasteiger charge is -2.38. The summed E-state index contributed by atoms with van der Waals surface area (Å²) in [5.74, 6) is 4.63. The monoisotopic (exact) mass is 250 g/mol. The van der Waals surface area contributed by atoms with Crippen molar-refractivity contribution >= 4 is 8.07 Å². The molecule has 3 fully saturated rings. The van der Waals surface area contributed by atoms with Crippen LogP contribution in [-0.2, 0) is 0 Å². The molecule has 3 aliphatic carbocycles. The first-order valence-corrected chi connectivity index (χ1v) is 11.7. The normalized spacial score (nSPS) is 46.4. The molecule has 0 radical (unpaired) electrons. The van der Waals surface area contributed by atoms with E-state index in [9.17, 15) is 0 Å². The fourth-order valence-electron chi connectivity index (χ4n) is 5.93. The van der Waals surface area contributed by atoms with Crippen LogP contribution < -0.4 is 0 Å². The Morgan fingerprint density at radius 3 is 1.29 bits per heavy atom. The molecular weight excluding hydrogens is 220 g/mol. The van der Waals surface area contributed by atoms with Crippen molar-refractivity contribution in [3.63, 3.8) is 0 Å². The third-order valence-corrected chi connectivity index (χ3v) is 9.08. The summed E-state index contributed by atoms with van der Waals surface area (Å²) in [4.78, 5) is 0. The molecule has 0 aromatic rings. The fraction of sp³-hybridized carbons (Fsp3) is 1.00. The molecule has 0 nitrogen and oxygen atoms in total. The van der Waals surface area contributed by atoms with Gasteiger partial charge in [0.25, 0.3) is 0 Å². The van der Waals surface area contributed by atoms with Crippen LogP contribution in [0.25, 0.3) is 0 Å². The highest BCUT2D eigenvalue weighted by atomic mass is 28.3. The van der Waals surface area contributed by atoms with Gasteiger partial charge in [-0.2, -0.15) is 0 Å². The third-order valence-electron chi connectivity index (χ3n) is 6.22. The lowest BCUT2D eigenvalue weighted by atomic mass is 9.73. The topological polar surface area (TPSA) is 0 Å². The van der Waals surface area contributed by atoms with Gasteiger partial charge in [0.2, 0.25) is 0 Å². The maximum Gasteiger partial charge on any atom is 0.0479 e. The standard InChI is InChI=1S/C16H30Si/c1-17(2,3)16-14-10-6-4-8-12(14)13-9-5-7-11-15(13)16/h12-16H,4-11H2,1-3H3/t12-,13+,14-,15+,16?. The van der Waals surface area contributed by atoms with Gasteiger partial charge in [-0.15, -0.1) is 0 Å². The summed E-state index contributed by atoms with van der Waals surface area (Å²) in [6.45, 7) is 7.96. The van der Waals surface area contributed by atoms with Gasteiger partial charge in [-0.1, -0.05) is 58.2 Å². The Labute approximate surface area is 109 Å². The molecule has 1 heteroatoms. The first-order chi connectivity index (χ1) is 8.09. The molecule has 0 aliphatic heterocycles. The van der Waals surface area contributed by atoms with Crippen LogP contribution >= 0.6 is 0 Å². The second kappa shape index (κ2) is 4.40. The van der Waals surface area contributed by atoms with Gasteiger partial charge in [0.1, 0.15) is 0 Å². The minimum atomic E-state index is -0.941. The molecule has 3 saturated carbocycles. The largest absolute Gasteiger partial charge is 0.0693 e. The van der Waals surface area contributed by atoms with Crippen molar-refractivity contribution in [2.24, 2.45) is 23.7 Å². The van der Waals surface area contributed by atoms with E-state index in [0.717, 1.165) is 23.7 Å². The lowest BCUT2D eigenvalue weighted by molar-refractivity contribution is 0.184. The maximum absolute atomic E-state index is 2.65. The number of hydrogen-bond acceptors (Lipinski definition) is 0. The van der Waals surface area contributed by atoms with Crippen LogP contribution in [0.15, 0.2) is 0 Å². The lowest BCUT2D eigenvalue weighted by Crippen LogP contribution is -2.36. The summed E-state index contributed by atoms with van der Waals surface area (Å²) in [5.41, 5.74) is 1.18. The molecule has 0 aromatic carbocycles. The second-order valence-electron chi connectivity index (χ2n) is 8.12. The summed E-state index contributed by atoms with van der Waals surface area (Å²) in [6, 6.07) is 0. The van der Waals surface area contributed by atoms with Crippen LogP contribution in [0, 0.1) is 23.7 Å². The highest BCUT2D eigenvalue weighted by molar-refractivity contribution is 6.77. The Bertz CT molecular complexity index is 256. The minimum Gasteiger partial charge on any atom is -0.0693 e. The second-order valence-corrected chi connectivity index (χ2v) is 13.5. The van der Waals surface area contributed by atoms with E-state index in [-0.39, 0.29) is 0 Å². The zero-order chi connectivity index (χ0) is 12.0. The van der Waals surface area contributed by atoms with Gasteiger partial charge in [-0.3, -0.25) is 0 Å². The van der Waals surface area contributed by atoms with Gasteiger partial charge in [0.05, 0.1) is 0 Å². The summed E-state index contributed by atoms with van der Waals surface area (Å²) in [6.07, 6.45) is 12.5. The molecule has 0 N–H and O–H groups in total. The number of fused-ring (bicyclic) bond motifs is 3. The van der Waals surface area contributed by atoms with Crippen molar-refractivity contribution in [2.75, 3.05) is 0 Å². The smallest absolute Gasteiger partial charge is 0.0479 e. The van der Waals surface area contributed by atoms with E-state index >= 15 is 0 Å². The van der Waals surface area contributed by atoms with Crippen LogP contribution in [-0.4, -0.2) is 8.07 Å². The molecule has 1 unspecified atom stereocenters. The summed E-state index contributed by atoms with van der Waals surface area (Å²) < 4.78 is 0. The van der Waals surface area contributed by atoms with Crippen LogP contribution in [0.5, 0.6) is 0 Å². The fourth-order valence-corrected chi connectivity index (χ4v) is 9.33. The molecule has 17 heavy (non-hydrogen) atoms. The van der Waals surface area contributed by atoms with Crippen molar-refractivity contribution < 1.29 is 0 Å². The molecule has 5 atom stereocenters. The average Bonchev–Trinajstić information content (AvgIpc) is 2.63. The molecule has 0 amide bonds. The van der Waals surface area contributed by atoms with Crippen molar-refractivity contribution in [1.82, 2.24) is 0 Å². The van der Waals surface area contributed by atoms with E-state index in [2.05, 4.69) is 19.6 Å². The van der Waals surface area contributed by atoms with E-state index in [1.54, 1.807) is 51.4 Å². The highest BCUT2D eigenvalue weighted by Crippen LogP contribution is 2.62. The van der Waals surface area contributed by atoms with Gasteiger partial charge in [0, 0.05) is 8.07 Å². The van der Waals surface area contributed by atoms with E-state index in [4.69, 9.17) is 0 Å². The van der Waals surface area contributed by atoms with Crippen molar-refractivity contribution in [3.05, 3.63) is 0 Å². The van der Waals surface area contributed by atoms with Gasteiger partial charge >= 0.3 is 0 Å². The van der Waals surface area contributed by atoms with Crippen molar-refractivity contribution in [3.8, 4) is 0 Å². The van der Waals surface area contributed by atoms with Crippen LogP contribution in [0.3, 0.4) is 0 Å². The van der Waals surface area contributed by atoms with Crippen LogP contribution in [0.4, 0.5) is 0 Å². The first-order valence-electron chi connectivity index (χ1n) is 8.09. The predicted octanol–water partition coefficient (Wildman–Crippen LogP) is 5.32. The van der Waals surface area contributed by atoms with Crippen LogP contribution in [0.2, 0.25) is 25.2 Å².